The number of nitrogens with zero attached hydrogens (tertiary/aromatic N) is 5. The highest BCUT2D eigenvalue weighted by Gasteiger charge is 2.40. The molecule has 0 spiro atoms. The van der Waals surface area contributed by atoms with Gasteiger partial charge in [-0.25, -0.2) is 0 Å². The van der Waals surface area contributed by atoms with E-state index >= 15 is 0 Å². The van der Waals surface area contributed by atoms with E-state index < -0.39 is 12.0 Å². The van der Waals surface area contributed by atoms with Crippen molar-refractivity contribution in [2.24, 2.45) is 11.0 Å². The number of amidine groups is 1. The fourth-order valence-corrected chi connectivity index (χ4v) is 4.82. The number of halogens is 3. The van der Waals surface area contributed by atoms with Crippen molar-refractivity contribution in [3.05, 3.63) is 47.0 Å². The summed E-state index contributed by atoms with van der Waals surface area (Å²) in [5.41, 5.74) is 2.35. The lowest BCUT2D eigenvalue weighted by Gasteiger charge is -2.35. The fraction of sp³-hybridized carbons (Fsp3) is 0.542. The summed E-state index contributed by atoms with van der Waals surface area (Å²) in [4.78, 5) is 2.11. The number of nitrogens with one attached hydrogen (secondary N) is 1. The van der Waals surface area contributed by atoms with Crippen molar-refractivity contribution >= 4 is 5.84 Å². The Balaban J connectivity index is 1.20. The van der Waals surface area contributed by atoms with Crippen molar-refractivity contribution in [3.63, 3.8) is 0 Å². The van der Waals surface area contributed by atoms with Gasteiger partial charge < -0.3 is 10.2 Å². The molecule has 5 rings (SSSR count). The average Bonchev–Trinajstić information content (AvgIpc) is 3.28. The largest absolute Gasteiger partial charge is 0.453 e. The van der Waals surface area contributed by atoms with E-state index in [-0.39, 0.29) is 5.82 Å². The van der Waals surface area contributed by atoms with Crippen LogP contribution in [0.15, 0.2) is 29.4 Å². The van der Waals surface area contributed by atoms with Crippen LogP contribution in [-0.2, 0) is 12.6 Å². The van der Waals surface area contributed by atoms with Gasteiger partial charge >= 0.3 is 6.18 Å². The first-order valence-electron chi connectivity index (χ1n) is 11.6. The van der Waals surface area contributed by atoms with Gasteiger partial charge in [0.2, 0.25) is 0 Å². The third-order valence-electron chi connectivity index (χ3n) is 6.75. The molecule has 33 heavy (non-hydrogen) atoms. The van der Waals surface area contributed by atoms with Gasteiger partial charge in [-0.2, -0.15) is 22.9 Å². The van der Waals surface area contributed by atoms with Crippen LogP contribution in [0.3, 0.4) is 0 Å². The Kier molecular flexibility index (Phi) is 6.11. The lowest BCUT2D eigenvalue weighted by molar-refractivity contribution is -0.147. The zero-order valence-corrected chi connectivity index (χ0v) is 18.4. The lowest BCUT2D eigenvalue weighted by atomic mass is 9.88. The summed E-state index contributed by atoms with van der Waals surface area (Å²) in [5.74, 6) is 7.56. The molecule has 0 unspecified atom stereocenters. The monoisotopic (exact) mass is 456 g/mol. The minimum Gasteiger partial charge on any atom is -0.359 e. The molecule has 6 nitrogen and oxygen atoms in total. The minimum atomic E-state index is -4.56. The second-order valence-corrected chi connectivity index (χ2v) is 8.94. The molecule has 2 fully saturated rings. The van der Waals surface area contributed by atoms with Gasteiger partial charge in [0.25, 0.3) is 5.82 Å². The molecular weight excluding hydrogens is 429 g/mol. The zero-order valence-electron chi connectivity index (χ0n) is 18.4. The normalized spacial score (nSPS) is 20.1. The van der Waals surface area contributed by atoms with Crippen molar-refractivity contribution in [2.75, 3.05) is 26.2 Å². The predicted molar refractivity (Wildman–Crippen MR) is 119 cm³/mol. The number of hydrogen-bond donors (Lipinski definition) is 1. The van der Waals surface area contributed by atoms with Crippen LogP contribution in [0.25, 0.3) is 0 Å². The van der Waals surface area contributed by atoms with Gasteiger partial charge in [0.1, 0.15) is 5.84 Å². The van der Waals surface area contributed by atoms with Gasteiger partial charge in [-0.05, 0) is 62.4 Å². The fourth-order valence-electron chi connectivity index (χ4n) is 4.82. The summed E-state index contributed by atoms with van der Waals surface area (Å²) >= 11 is 0. The third kappa shape index (κ3) is 4.91. The van der Waals surface area contributed by atoms with Crippen molar-refractivity contribution < 1.29 is 13.2 Å². The first-order valence-corrected chi connectivity index (χ1v) is 11.6. The molecule has 0 radical (unpaired) electrons. The maximum Gasteiger partial charge on any atom is 0.453 e. The third-order valence-corrected chi connectivity index (χ3v) is 6.75. The molecule has 0 aliphatic carbocycles. The first kappa shape index (κ1) is 22.0. The molecule has 174 valence electrons. The number of aromatic nitrogens is 3. The van der Waals surface area contributed by atoms with Crippen LogP contribution in [-0.4, -0.2) is 51.8 Å². The summed E-state index contributed by atoms with van der Waals surface area (Å²) < 4.78 is 40.4. The highest BCUT2D eigenvalue weighted by atomic mass is 19.4. The van der Waals surface area contributed by atoms with E-state index in [0.29, 0.717) is 30.5 Å². The van der Waals surface area contributed by atoms with Gasteiger partial charge in [-0.3, -0.25) is 0 Å². The van der Waals surface area contributed by atoms with E-state index in [9.17, 15) is 13.2 Å². The van der Waals surface area contributed by atoms with Crippen LogP contribution in [0.4, 0.5) is 13.2 Å². The van der Waals surface area contributed by atoms with E-state index in [1.807, 2.05) is 0 Å². The van der Waals surface area contributed by atoms with Gasteiger partial charge in [-0.1, -0.05) is 24.0 Å². The Bertz CT molecular complexity index is 1060. The summed E-state index contributed by atoms with van der Waals surface area (Å²) in [7, 11) is 0. The van der Waals surface area contributed by atoms with Crippen LogP contribution in [0.1, 0.15) is 60.8 Å². The number of rotatable bonds is 1. The van der Waals surface area contributed by atoms with Crippen molar-refractivity contribution in [1.29, 1.82) is 0 Å². The van der Waals surface area contributed by atoms with Crippen LogP contribution < -0.4 is 5.32 Å². The molecule has 1 N–H and O–H groups in total. The van der Waals surface area contributed by atoms with E-state index in [0.717, 1.165) is 62.1 Å². The van der Waals surface area contributed by atoms with Crippen molar-refractivity contribution in [2.45, 2.75) is 50.6 Å². The van der Waals surface area contributed by atoms with Crippen LogP contribution in [0.5, 0.6) is 0 Å². The molecule has 2 saturated heterocycles. The SMILES string of the molecule is FC(F)(F)c1nnc2n1N=C(N1CCC(c3ccc(C#CC4CCNCC4)cc3)CC1)CC2. The second kappa shape index (κ2) is 9.18. The maximum absolute atomic E-state index is 13.2. The molecule has 4 heterocycles. The van der Waals surface area contributed by atoms with Crippen molar-refractivity contribution in [3.8, 4) is 11.8 Å². The molecule has 1 aromatic carbocycles. The van der Waals surface area contributed by atoms with E-state index in [4.69, 9.17) is 0 Å². The number of fused-ring (bicyclic) bond motifs is 1. The molecule has 3 aliphatic heterocycles. The maximum atomic E-state index is 13.2. The molecule has 0 atom stereocenters. The Morgan fingerprint density at radius 2 is 1.67 bits per heavy atom. The molecule has 3 aliphatic rings. The standard InChI is InChI=1S/C24H27F3N6/c25-24(26,27)23-30-29-21-7-8-22(31-33(21)23)32-15-11-20(12-16-32)19-5-3-17(4-6-19)1-2-18-9-13-28-14-10-18/h3-6,18,20,28H,7-16H2. The van der Waals surface area contributed by atoms with Crippen LogP contribution in [0, 0.1) is 17.8 Å². The van der Waals surface area contributed by atoms with Gasteiger partial charge in [-0.15, -0.1) is 10.2 Å². The summed E-state index contributed by atoms with van der Waals surface area (Å²) in [6, 6.07) is 8.55. The molecule has 0 saturated carbocycles. The number of likely N-dealkylation sites (tertiary alicyclic amines) is 1. The Morgan fingerprint density at radius 1 is 0.939 bits per heavy atom. The van der Waals surface area contributed by atoms with E-state index in [1.165, 1.54) is 5.56 Å². The lowest BCUT2D eigenvalue weighted by Crippen LogP contribution is -2.40. The Hall–Kier alpha value is -2.86. The Morgan fingerprint density at radius 3 is 2.36 bits per heavy atom. The van der Waals surface area contributed by atoms with E-state index in [2.05, 4.69) is 61.6 Å². The van der Waals surface area contributed by atoms with Gasteiger partial charge in [0.15, 0.2) is 5.82 Å². The highest BCUT2D eigenvalue weighted by molar-refractivity contribution is 5.83. The molecular formula is C24H27F3N6. The highest BCUT2D eigenvalue weighted by Crippen LogP contribution is 2.32. The average molecular weight is 457 g/mol. The predicted octanol–water partition coefficient (Wildman–Crippen LogP) is 3.64. The molecule has 2 aromatic rings. The molecule has 9 heteroatoms. The number of benzene rings is 1. The second-order valence-electron chi connectivity index (χ2n) is 8.94. The van der Waals surface area contributed by atoms with Gasteiger partial charge in [0.05, 0.1) is 0 Å². The smallest absolute Gasteiger partial charge is 0.359 e. The molecule has 0 amide bonds. The summed E-state index contributed by atoms with van der Waals surface area (Å²) in [6.07, 6.45) is 0.567. The Labute approximate surface area is 191 Å². The number of piperidine rings is 2. The first-order chi connectivity index (χ1) is 16.0. The minimum absolute atomic E-state index is 0.268. The van der Waals surface area contributed by atoms with Crippen LogP contribution >= 0.6 is 0 Å². The van der Waals surface area contributed by atoms with Crippen LogP contribution in [0.2, 0.25) is 0 Å². The quantitative estimate of drug-likeness (QED) is 0.666. The van der Waals surface area contributed by atoms with E-state index in [1.54, 1.807) is 0 Å². The van der Waals surface area contributed by atoms with Crippen molar-refractivity contribution in [1.82, 2.24) is 25.1 Å². The number of aryl methyl sites for hydroxylation is 1. The molecule has 0 bridgehead atoms. The summed E-state index contributed by atoms with van der Waals surface area (Å²) in [5, 5.41) is 14.6. The van der Waals surface area contributed by atoms with Gasteiger partial charge in [0, 0.05) is 37.4 Å². The topological polar surface area (TPSA) is 58.3 Å². The number of hydrogen-bond acceptors (Lipinski definition) is 5. The number of alkyl halides is 3. The summed E-state index contributed by atoms with van der Waals surface area (Å²) in [6.45, 7) is 3.65. The zero-order chi connectivity index (χ0) is 22.8. The molecule has 1 aromatic heterocycles.